The second-order valence-electron chi connectivity index (χ2n) is 3.86. The highest BCUT2D eigenvalue weighted by Crippen LogP contribution is 2.27. The Morgan fingerprint density at radius 2 is 2.00 bits per heavy atom. The van der Waals surface area contributed by atoms with E-state index in [1.54, 1.807) is 26.5 Å². The van der Waals surface area contributed by atoms with Gasteiger partial charge in [0.2, 0.25) is 5.88 Å². The Labute approximate surface area is 117 Å². The molecule has 0 fully saturated rings. The van der Waals surface area contributed by atoms with E-state index >= 15 is 0 Å². The molecule has 2 aromatic rings. The molecule has 19 heavy (non-hydrogen) atoms. The third-order valence-corrected chi connectivity index (χ3v) is 3.06. The van der Waals surface area contributed by atoms with Crippen molar-refractivity contribution in [2.45, 2.75) is 6.54 Å². The van der Waals surface area contributed by atoms with Crippen LogP contribution in [0.25, 0.3) is 0 Å². The van der Waals surface area contributed by atoms with Crippen molar-refractivity contribution in [1.29, 1.82) is 0 Å². The lowest BCUT2D eigenvalue weighted by molar-refractivity contribution is 0.398. The highest BCUT2D eigenvalue weighted by molar-refractivity contribution is 6.31. The average molecular weight is 279 g/mol. The molecule has 0 atom stereocenters. The van der Waals surface area contributed by atoms with E-state index < -0.39 is 0 Å². The molecule has 1 heterocycles. The maximum absolute atomic E-state index is 6.17. The van der Waals surface area contributed by atoms with Gasteiger partial charge in [0.1, 0.15) is 5.75 Å². The quantitative estimate of drug-likeness (QED) is 0.911. The van der Waals surface area contributed by atoms with Gasteiger partial charge in [-0.3, -0.25) is 0 Å². The van der Waals surface area contributed by atoms with Crippen molar-refractivity contribution in [3.8, 4) is 11.6 Å². The molecule has 0 bridgehead atoms. The van der Waals surface area contributed by atoms with Crippen LogP contribution in [0.5, 0.6) is 11.6 Å². The number of anilines is 1. The molecule has 1 aromatic heterocycles. The monoisotopic (exact) mass is 278 g/mol. The molecule has 0 saturated carbocycles. The summed E-state index contributed by atoms with van der Waals surface area (Å²) in [5.41, 5.74) is 1.81. The first kappa shape index (κ1) is 13.5. The predicted octanol–water partition coefficient (Wildman–Crippen LogP) is 3.36. The molecule has 0 aliphatic rings. The van der Waals surface area contributed by atoms with Gasteiger partial charge in [0, 0.05) is 23.2 Å². The third kappa shape index (κ3) is 3.29. The van der Waals surface area contributed by atoms with Crippen molar-refractivity contribution >= 4 is 17.3 Å². The predicted molar refractivity (Wildman–Crippen MR) is 76.1 cm³/mol. The van der Waals surface area contributed by atoms with Gasteiger partial charge in [0.25, 0.3) is 0 Å². The second-order valence-corrected chi connectivity index (χ2v) is 4.27. The van der Waals surface area contributed by atoms with E-state index in [-0.39, 0.29) is 0 Å². The number of hydrogen-bond acceptors (Lipinski definition) is 4. The Morgan fingerprint density at radius 1 is 1.16 bits per heavy atom. The molecule has 0 aliphatic carbocycles. The van der Waals surface area contributed by atoms with Crippen molar-refractivity contribution in [2.75, 3.05) is 19.5 Å². The molecule has 100 valence electrons. The molecule has 1 N–H and O–H groups in total. The Bertz CT molecular complexity index is 544. The lowest BCUT2D eigenvalue weighted by Gasteiger charge is -2.12. The van der Waals surface area contributed by atoms with Crippen LogP contribution in [0.15, 0.2) is 36.5 Å². The van der Waals surface area contributed by atoms with Gasteiger partial charge in [-0.05, 0) is 18.2 Å². The maximum atomic E-state index is 6.17. The molecular formula is C14H15ClN2O2. The summed E-state index contributed by atoms with van der Waals surface area (Å²) in [5, 5.41) is 3.92. The summed E-state index contributed by atoms with van der Waals surface area (Å²) in [6.07, 6.45) is 1.71. The fourth-order valence-electron chi connectivity index (χ4n) is 1.70. The van der Waals surface area contributed by atoms with E-state index in [0.717, 1.165) is 17.0 Å². The molecule has 4 nitrogen and oxygen atoms in total. The van der Waals surface area contributed by atoms with E-state index in [9.17, 15) is 0 Å². The SMILES string of the molecule is COc1ccc(NCc2c(Cl)cccc2OC)cn1. The molecule has 0 aliphatic heterocycles. The van der Waals surface area contributed by atoms with Crippen LogP contribution in [0.3, 0.4) is 0 Å². The summed E-state index contributed by atoms with van der Waals surface area (Å²) in [5.74, 6) is 1.35. The number of ether oxygens (including phenoxy) is 2. The van der Waals surface area contributed by atoms with Crippen LogP contribution in [0, 0.1) is 0 Å². The summed E-state index contributed by atoms with van der Waals surface area (Å²) in [7, 11) is 3.22. The van der Waals surface area contributed by atoms with Gasteiger partial charge >= 0.3 is 0 Å². The highest BCUT2D eigenvalue weighted by Gasteiger charge is 2.07. The fraction of sp³-hybridized carbons (Fsp3) is 0.214. The van der Waals surface area contributed by atoms with Crippen molar-refractivity contribution in [1.82, 2.24) is 4.98 Å². The summed E-state index contributed by atoms with van der Waals surface area (Å²) < 4.78 is 10.3. The molecule has 0 radical (unpaired) electrons. The summed E-state index contributed by atoms with van der Waals surface area (Å²) in [4.78, 5) is 4.13. The fourth-order valence-corrected chi connectivity index (χ4v) is 1.93. The summed E-state index contributed by atoms with van der Waals surface area (Å²) in [6.45, 7) is 0.566. The maximum Gasteiger partial charge on any atom is 0.213 e. The molecule has 0 saturated heterocycles. The first-order valence-electron chi connectivity index (χ1n) is 5.80. The van der Waals surface area contributed by atoms with Gasteiger partial charge < -0.3 is 14.8 Å². The molecule has 2 rings (SSSR count). The molecule has 5 heteroatoms. The van der Waals surface area contributed by atoms with Gasteiger partial charge in [-0.1, -0.05) is 17.7 Å². The minimum absolute atomic E-state index is 0.566. The number of rotatable bonds is 5. The van der Waals surface area contributed by atoms with Gasteiger partial charge in [0.15, 0.2) is 0 Å². The van der Waals surface area contributed by atoms with Crippen LogP contribution in [-0.4, -0.2) is 19.2 Å². The van der Waals surface area contributed by atoms with Crippen LogP contribution in [-0.2, 0) is 6.54 Å². The van der Waals surface area contributed by atoms with Gasteiger partial charge in [-0.2, -0.15) is 0 Å². The van der Waals surface area contributed by atoms with Crippen LogP contribution in [0.4, 0.5) is 5.69 Å². The average Bonchev–Trinajstić information content (AvgIpc) is 2.46. The first-order chi connectivity index (χ1) is 9.24. The minimum Gasteiger partial charge on any atom is -0.496 e. The normalized spacial score (nSPS) is 10.1. The van der Waals surface area contributed by atoms with Crippen LogP contribution in [0.2, 0.25) is 5.02 Å². The zero-order valence-corrected chi connectivity index (χ0v) is 11.6. The van der Waals surface area contributed by atoms with E-state index in [1.165, 1.54) is 0 Å². The number of halogens is 1. The van der Waals surface area contributed by atoms with E-state index in [0.29, 0.717) is 17.4 Å². The summed E-state index contributed by atoms with van der Waals surface area (Å²) in [6, 6.07) is 9.28. The van der Waals surface area contributed by atoms with Crippen molar-refractivity contribution < 1.29 is 9.47 Å². The number of nitrogens with one attached hydrogen (secondary N) is 1. The van der Waals surface area contributed by atoms with E-state index in [2.05, 4.69) is 10.3 Å². The molecule has 0 spiro atoms. The first-order valence-corrected chi connectivity index (χ1v) is 6.17. The lowest BCUT2D eigenvalue weighted by atomic mass is 10.2. The smallest absolute Gasteiger partial charge is 0.213 e. The van der Waals surface area contributed by atoms with Crippen LogP contribution < -0.4 is 14.8 Å². The Balaban J connectivity index is 2.09. The number of nitrogens with zero attached hydrogens (tertiary/aromatic N) is 1. The van der Waals surface area contributed by atoms with Gasteiger partial charge in [-0.25, -0.2) is 4.98 Å². The van der Waals surface area contributed by atoms with E-state index in [1.807, 2.05) is 24.3 Å². The zero-order valence-electron chi connectivity index (χ0n) is 10.8. The number of methoxy groups -OCH3 is 2. The number of pyridine rings is 1. The highest BCUT2D eigenvalue weighted by atomic mass is 35.5. The van der Waals surface area contributed by atoms with E-state index in [4.69, 9.17) is 21.1 Å². The zero-order chi connectivity index (χ0) is 13.7. The van der Waals surface area contributed by atoms with Crippen LogP contribution >= 0.6 is 11.6 Å². The Hall–Kier alpha value is -1.94. The van der Waals surface area contributed by atoms with Gasteiger partial charge in [0.05, 0.1) is 26.1 Å². The second kappa shape index (κ2) is 6.29. The molecule has 0 unspecified atom stereocenters. The summed E-state index contributed by atoms with van der Waals surface area (Å²) >= 11 is 6.17. The van der Waals surface area contributed by atoms with Crippen LogP contribution in [0.1, 0.15) is 5.56 Å². The van der Waals surface area contributed by atoms with Crippen molar-refractivity contribution in [3.63, 3.8) is 0 Å². The number of hydrogen-bond donors (Lipinski definition) is 1. The molecule has 1 aromatic carbocycles. The number of aromatic nitrogens is 1. The van der Waals surface area contributed by atoms with Crippen molar-refractivity contribution in [3.05, 3.63) is 47.1 Å². The number of benzene rings is 1. The Kier molecular flexibility index (Phi) is 4.47. The third-order valence-electron chi connectivity index (χ3n) is 2.71. The Morgan fingerprint density at radius 3 is 2.63 bits per heavy atom. The molecule has 0 amide bonds. The topological polar surface area (TPSA) is 43.4 Å². The standard InChI is InChI=1S/C14H15ClN2O2/c1-18-13-5-3-4-12(15)11(13)9-16-10-6-7-14(19-2)17-8-10/h3-8,16H,9H2,1-2H3. The lowest BCUT2D eigenvalue weighted by Crippen LogP contribution is -2.03. The minimum atomic E-state index is 0.566. The molecular weight excluding hydrogens is 264 g/mol. The van der Waals surface area contributed by atoms with Crippen molar-refractivity contribution in [2.24, 2.45) is 0 Å². The van der Waals surface area contributed by atoms with Gasteiger partial charge in [-0.15, -0.1) is 0 Å². The largest absolute Gasteiger partial charge is 0.496 e.